The van der Waals surface area contributed by atoms with Gasteiger partial charge in [-0.05, 0) is 12.0 Å². The lowest BCUT2D eigenvalue weighted by molar-refractivity contribution is -0.255. The first-order chi connectivity index (χ1) is 9.56. The third kappa shape index (κ3) is 2.06. The summed E-state index contributed by atoms with van der Waals surface area (Å²) in [5, 5.41) is 40.3. The van der Waals surface area contributed by atoms with Crippen LogP contribution in [0.15, 0.2) is 30.3 Å². The van der Waals surface area contributed by atoms with E-state index in [-0.39, 0.29) is 25.1 Å². The van der Waals surface area contributed by atoms with Crippen LogP contribution in [0.1, 0.15) is 12.0 Å². The molecule has 2 bridgehead atoms. The summed E-state index contributed by atoms with van der Waals surface area (Å²) in [7, 11) is 0. The molecule has 1 aromatic rings. The second-order valence-electron chi connectivity index (χ2n) is 6.00. The molecule has 110 valence electrons. The van der Waals surface area contributed by atoms with Gasteiger partial charge in [0.2, 0.25) is 0 Å². The lowest BCUT2D eigenvalue weighted by atomic mass is 9.65. The van der Waals surface area contributed by atoms with Crippen molar-refractivity contribution in [3.63, 3.8) is 0 Å². The number of hydrogen-bond donors (Lipinski definition) is 4. The summed E-state index contributed by atoms with van der Waals surface area (Å²) in [6.45, 7) is 0.724. The smallest absolute Gasteiger partial charge is 0.112 e. The predicted octanol–water partition coefficient (Wildman–Crippen LogP) is -0.664. The topological polar surface area (TPSA) is 84.2 Å². The largest absolute Gasteiger partial charge is 0.396 e. The van der Waals surface area contributed by atoms with Crippen LogP contribution in [0.2, 0.25) is 0 Å². The molecule has 0 radical (unpaired) electrons. The number of hydrogen-bond acceptors (Lipinski definition) is 5. The first-order valence-corrected chi connectivity index (χ1v) is 7.03. The SMILES string of the molecule is OC[C@@H]1CC2C(O)C(O)C1(O)CN2Cc1ccccc1. The highest BCUT2D eigenvalue weighted by molar-refractivity contribution is 5.18. The summed E-state index contributed by atoms with van der Waals surface area (Å²) >= 11 is 0. The summed E-state index contributed by atoms with van der Waals surface area (Å²) in [5.41, 5.74) is -0.330. The Labute approximate surface area is 118 Å². The van der Waals surface area contributed by atoms with Crippen LogP contribution in [0.5, 0.6) is 0 Å². The molecule has 0 spiro atoms. The van der Waals surface area contributed by atoms with Crippen molar-refractivity contribution in [1.29, 1.82) is 0 Å². The van der Waals surface area contributed by atoms with E-state index >= 15 is 0 Å². The van der Waals surface area contributed by atoms with Gasteiger partial charge in [0.05, 0.1) is 6.10 Å². The summed E-state index contributed by atoms with van der Waals surface area (Å²) < 4.78 is 0. The molecule has 20 heavy (non-hydrogen) atoms. The van der Waals surface area contributed by atoms with Gasteiger partial charge in [0.25, 0.3) is 0 Å². The van der Waals surface area contributed by atoms with Crippen LogP contribution in [0, 0.1) is 5.92 Å². The Hall–Kier alpha value is -0.980. The van der Waals surface area contributed by atoms with Crippen molar-refractivity contribution >= 4 is 0 Å². The maximum absolute atomic E-state index is 10.7. The van der Waals surface area contributed by atoms with Gasteiger partial charge in [-0.2, -0.15) is 0 Å². The van der Waals surface area contributed by atoms with Crippen molar-refractivity contribution in [2.75, 3.05) is 13.2 Å². The Morgan fingerprint density at radius 2 is 1.90 bits per heavy atom. The first-order valence-electron chi connectivity index (χ1n) is 7.03. The standard InChI is InChI=1S/C15H21NO4/c17-8-11-6-12-13(18)14(19)15(11,20)9-16(12)7-10-4-2-1-3-5-10/h1-5,11-14,17-20H,6-9H2/t11-,12?,13?,14?,15?/m0/s1. The van der Waals surface area contributed by atoms with Crippen LogP contribution in [0.3, 0.4) is 0 Å². The molecule has 5 heteroatoms. The van der Waals surface area contributed by atoms with Gasteiger partial charge in [-0.1, -0.05) is 30.3 Å². The average molecular weight is 279 g/mol. The van der Waals surface area contributed by atoms with E-state index in [9.17, 15) is 20.4 Å². The molecular weight excluding hydrogens is 258 g/mol. The van der Waals surface area contributed by atoms with Crippen LogP contribution < -0.4 is 0 Å². The van der Waals surface area contributed by atoms with E-state index in [0.717, 1.165) is 5.56 Å². The monoisotopic (exact) mass is 279 g/mol. The Morgan fingerprint density at radius 3 is 2.55 bits per heavy atom. The number of aliphatic hydroxyl groups excluding tert-OH is 3. The maximum Gasteiger partial charge on any atom is 0.112 e. The van der Waals surface area contributed by atoms with Gasteiger partial charge in [0.15, 0.2) is 0 Å². The molecule has 2 aliphatic heterocycles. The summed E-state index contributed by atoms with van der Waals surface area (Å²) in [6, 6.07) is 9.62. The van der Waals surface area contributed by atoms with Gasteiger partial charge in [-0.15, -0.1) is 0 Å². The van der Waals surface area contributed by atoms with Crippen molar-refractivity contribution in [2.24, 2.45) is 5.92 Å². The van der Waals surface area contributed by atoms with E-state index < -0.39 is 17.8 Å². The van der Waals surface area contributed by atoms with Crippen LogP contribution >= 0.6 is 0 Å². The fourth-order valence-corrected chi connectivity index (χ4v) is 3.64. The van der Waals surface area contributed by atoms with Gasteiger partial charge >= 0.3 is 0 Å². The minimum Gasteiger partial charge on any atom is -0.396 e. The Balaban J connectivity index is 1.83. The molecule has 2 heterocycles. The molecule has 0 amide bonds. The molecule has 0 aromatic heterocycles. The summed E-state index contributed by atoms with van der Waals surface area (Å²) in [6.07, 6.45) is -1.66. The molecule has 3 fully saturated rings. The molecule has 4 unspecified atom stereocenters. The Bertz CT molecular complexity index is 464. The molecule has 2 saturated heterocycles. The van der Waals surface area contributed by atoms with Crippen molar-refractivity contribution < 1.29 is 20.4 Å². The van der Waals surface area contributed by atoms with Crippen molar-refractivity contribution in [2.45, 2.75) is 36.8 Å². The fourth-order valence-electron chi connectivity index (χ4n) is 3.64. The van der Waals surface area contributed by atoms with E-state index in [1.807, 2.05) is 35.2 Å². The quantitative estimate of drug-likeness (QED) is 0.590. The third-order valence-electron chi connectivity index (χ3n) is 4.84. The summed E-state index contributed by atoms with van der Waals surface area (Å²) in [4.78, 5) is 2.00. The van der Waals surface area contributed by atoms with Gasteiger partial charge in [-0.25, -0.2) is 0 Å². The average Bonchev–Trinajstić information content (AvgIpc) is 2.45. The zero-order chi connectivity index (χ0) is 14.3. The van der Waals surface area contributed by atoms with Crippen LogP contribution in [0.25, 0.3) is 0 Å². The number of nitrogens with zero attached hydrogens (tertiary/aromatic N) is 1. The van der Waals surface area contributed by atoms with Gasteiger partial charge in [0.1, 0.15) is 11.7 Å². The maximum atomic E-state index is 10.7. The highest BCUT2D eigenvalue weighted by atomic mass is 16.4. The molecule has 1 aliphatic carbocycles. The molecule has 4 N–H and O–H groups in total. The number of piperidine rings is 2. The van der Waals surface area contributed by atoms with Crippen molar-refractivity contribution in [3.8, 4) is 0 Å². The minimum atomic E-state index is -1.43. The lowest BCUT2D eigenvalue weighted by Gasteiger charge is -2.58. The zero-order valence-electron chi connectivity index (χ0n) is 11.3. The third-order valence-corrected chi connectivity index (χ3v) is 4.84. The van der Waals surface area contributed by atoms with E-state index in [1.165, 1.54) is 0 Å². The summed E-state index contributed by atoms with van der Waals surface area (Å²) in [5.74, 6) is -0.377. The molecule has 5 nitrogen and oxygen atoms in total. The second kappa shape index (κ2) is 5.09. The highest BCUT2D eigenvalue weighted by Crippen LogP contribution is 2.43. The number of fused-ring (bicyclic) bond motifs is 3. The van der Waals surface area contributed by atoms with E-state index in [4.69, 9.17) is 0 Å². The molecule has 5 atom stereocenters. The van der Waals surface area contributed by atoms with Crippen molar-refractivity contribution in [1.82, 2.24) is 4.90 Å². The molecular formula is C15H21NO4. The number of benzene rings is 1. The normalized spacial score (nSPS) is 41.0. The first kappa shape index (κ1) is 14.0. The number of rotatable bonds is 3. The predicted molar refractivity (Wildman–Crippen MR) is 72.8 cm³/mol. The Kier molecular flexibility index (Phi) is 3.56. The minimum absolute atomic E-state index is 0.171. The number of aliphatic hydroxyl groups is 4. The van der Waals surface area contributed by atoms with Crippen molar-refractivity contribution in [3.05, 3.63) is 35.9 Å². The van der Waals surface area contributed by atoms with Gasteiger partial charge < -0.3 is 20.4 Å². The molecule has 1 saturated carbocycles. The molecule has 1 aromatic carbocycles. The van der Waals surface area contributed by atoms with Crippen LogP contribution in [-0.4, -0.2) is 62.3 Å². The zero-order valence-corrected chi connectivity index (χ0v) is 11.3. The second-order valence-corrected chi connectivity index (χ2v) is 6.00. The Morgan fingerprint density at radius 1 is 1.20 bits per heavy atom. The molecule has 3 aliphatic rings. The van der Waals surface area contributed by atoms with Gasteiger partial charge in [0, 0.05) is 31.7 Å². The van der Waals surface area contributed by atoms with Gasteiger partial charge in [-0.3, -0.25) is 4.90 Å². The highest BCUT2D eigenvalue weighted by Gasteiger charge is 2.59. The van der Waals surface area contributed by atoms with Crippen LogP contribution in [0.4, 0.5) is 0 Å². The lowest BCUT2D eigenvalue weighted by Crippen LogP contribution is -2.75. The molecule has 4 rings (SSSR count). The van der Waals surface area contributed by atoms with E-state index in [0.29, 0.717) is 13.0 Å². The van der Waals surface area contributed by atoms with Crippen LogP contribution in [-0.2, 0) is 6.54 Å². The fraction of sp³-hybridized carbons (Fsp3) is 0.600. The van der Waals surface area contributed by atoms with E-state index in [2.05, 4.69) is 0 Å². The van der Waals surface area contributed by atoms with E-state index in [1.54, 1.807) is 0 Å².